The minimum atomic E-state index is -4.46. The van der Waals surface area contributed by atoms with Gasteiger partial charge in [0.25, 0.3) is 0 Å². The molecular formula is C21H26F3N5O. The number of hydroxylamine groups is 1. The maximum Gasteiger partial charge on any atom is 0.419 e. The molecule has 0 saturated carbocycles. The van der Waals surface area contributed by atoms with E-state index in [4.69, 9.17) is 0 Å². The number of nitrogens with zero attached hydrogens (tertiary/aromatic N) is 4. The normalized spacial score (nSPS) is 15.4. The molecule has 9 heteroatoms. The van der Waals surface area contributed by atoms with Crippen molar-refractivity contribution in [2.24, 2.45) is 4.99 Å². The van der Waals surface area contributed by atoms with Gasteiger partial charge in [-0.25, -0.2) is 15.5 Å². The molecule has 1 aromatic carbocycles. The number of aryl methyl sites for hydroxylation is 1. The van der Waals surface area contributed by atoms with Crippen molar-refractivity contribution in [3.63, 3.8) is 0 Å². The second-order valence-corrected chi connectivity index (χ2v) is 7.16. The summed E-state index contributed by atoms with van der Waals surface area (Å²) in [6, 6.07) is 10.1. The van der Waals surface area contributed by atoms with Crippen LogP contribution in [0, 0.1) is 0 Å². The van der Waals surface area contributed by atoms with Gasteiger partial charge in [-0.3, -0.25) is 5.21 Å². The molecule has 2 aromatic rings. The largest absolute Gasteiger partial charge is 0.419 e. The number of aromatic nitrogens is 1. The highest BCUT2D eigenvalue weighted by Crippen LogP contribution is 2.35. The van der Waals surface area contributed by atoms with Gasteiger partial charge in [0.1, 0.15) is 5.82 Å². The lowest BCUT2D eigenvalue weighted by molar-refractivity contribution is -0.137. The van der Waals surface area contributed by atoms with Crippen LogP contribution in [0.3, 0.4) is 0 Å². The van der Waals surface area contributed by atoms with Gasteiger partial charge in [0, 0.05) is 32.4 Å². The fourth-order valence-corrected chi connectivity index (χ4v) is 3.41. The van der Waals surface area contributed by atoms with Gasteiger partial charge in [-0.2, -0.15) is 13.2 Å². The van der Waals surface area contributed by atoms with Crippen LogP contribution in [0.2, 0.25) is 0 Å². The SMILES string of the molecule is CCCCc1ccc(N=C(NO)N2CCN(c3ncccc3C(F)(F)F)CC2)cc1. The molecule has 0 unspecified atom stereocenters. The molecule has 0 amide bonds. The summed E-state index contributed by atoms with van der Waals surface area (Å²) >= 11 is 0. The number of benzene rings is 1. The summed E-state index contributed by atoms with van der Waals surface area (Å²) in [5.41, 5.74) is 3.31. The topological polar surface area (TPSA) is 64.0 Å². The Morgan fingerprint density at radius 3 is 2.43 bits per heavy atom. The number of nitrogens with one attached hydrogen (secondary N) is 1. The smallest absolute Gasteiger partial charge is 0.353 e. The summed E-state index contributed by atoms with van der Waals surface area (Å²) in [7, 11) is 0. The highest BCUT2D eigenvalue weighted by Gasteiger charge is 2.36. The number of halogens is 3. The average molecular weight is 421 g/mol. The molecule has 1 aliphatic heterocycles. The zero-order valence-corrected chi connectivity index (χ0v) is 16.9. The van der Waals surface area contributed by atoms with Crippen molar-refractivity contribution in [1.82, 2.24) is 15.4 Å². The third kappa shape index (κ3) is 5.41. The first kappa shape index (κ1) is 21.9. The van der Waals surface area contributed by atoms with Crippen LogP contribution in [0.25, 0.3) is 0 Å². The van der Waals surface area contributed by atoms with E-state index in [9.17, 15) is 18.4 Å². The van der Waals surface area contributed by atoms with Crippen LogP contribution in [0.1, 0.15) is 30.9 Å². The summed E-state index contributed by atoms with van der Waals surface area (Å²) in [6.45, 7) is 3.60. The van der Waals surface area contributed by atoms with E-state index in [1.807, 2.05) is 24.3 Å². The first-order valence-corrected chi connectivity index (χ1v) is 10.0. The molecule has 2 heterocycles. The summed E-state index contributed by atoms with van der Waals surface area (Å²) in [5, 5.41) is 9.55. The fraction of sp³-hybridized carbons (Fsp3) is 0.429. The lowest BCUT2D eigenvalue weighted by Crippen LogP contribution is -2.52. The van der Waals surface area contributed by atoms with Crippen molar-refractivity contribution < 1.29 is 18.4 Å². The Labute approximate surface area is 174 Å². The van der Waals surface area contributed by atoms with Crippen LogP contribution in [0.15, 0.2) is 47.6 Å². The maximum absolute atomic E-state index is 13.3. The predicted molar refractivity (Wildman–Crippen MR) is 110 cm³/mol. The number of hydrogen-bond donors (Lipinski definition) is 2. The summed E-state index contributed by atoms with van der Waals surface area (Å²) in [4.78, 5) is 11.8. The number of unbranched alkanes of at least 4 members (excludes halogenated alkanes) is 1. The number of alkyl halides is 3. The molecule has 1 aromatic heterocycles. The third-order valence-electron chi connectivity index (χ3n) is 5.06. The molecule has 162 valence electrons. The van der Waals surface area contributed by atoms with Crippen LogP contribution in [0.5, 0.6) is 0 Å². The number of piperazine rings is 1. The van der Waals surface area contributed by atoms with Crippen LogP contribution >= 0.6 is 0 Å². The predicted octanol–water partition coefficient (Wildman–Crippen LogP) is 4.23. The molecule has 3 rings (SSSR count). The second kappa shape index (κ2) is 9.80. The number of hydrogen-bond acceptors (Lipinski definition) is 4. The van der Waals surface area contributed by atoms with Crippen molar-refractivity contribution in [1.29, 1.82) is 0 Å². The molecule has 0 aliphatic carbocycles. The maximum atomic E-state index is 13.3. The summed E-state index contributed by atoms with van der Waals surface area (Å²) in [5.74, 6) is 0.204. The second-order valence-electron chi connectivity index (χ2n) is 7.16. The lowest BCUT2D eigenvalue weighted by Gasteiger charge is -2.37. The van der Waals surface area contributed by atoms with E-state index < -0.39 is 11.7 Å². The Balaban J connectivity index is 1.67. The van der Waals surface area contributed by atoms with Crippen molar-refractivity contribution in [3.8, 4) is 0 Å². The minimum Gasteiger partial charge on any atom is -0.353 e. The van der Waals surface area contributed by atoms with E-state index in [2.05, 4.69) is 22.4 Å². The van der Waals surface area contributed by atoms with Gasteiger partial charge in [0.2, 0.25) is 5.96 Å². The monoisotopic (exact) mass is 421 g/mol. The molecule has 6 nitrogen and oxygen atoms in total. The molecule has 30 heavy (non-hydrogen) atoms. The van der Waals surface area contributed by atoms with Crippen molar-refractivity contribution >= 4 is 17.5 Å². The Morgan fingerprint density at radius 1 is 1.13 bits per heavy atom. The molecule has 0 spiro atoms. The molecule has 1 aliphatic rings. The summed E-state index contributed by atoms with van der Waals surface area (Å²) in [6.07, 6.45) is 0.184. The quantitative estimate of drug-likeness (QED) is 0.430. The van der Waals surface area contributed by atoms with E-state index in [0.717, 1.165) is 25.3 Å². The first-order valence-electron chi connectivity index (χ1n) is 10.0. The highest BCUT2D eigenvalue weighted by molar-refractivity contribution is 5.82. The molecule has 0 atom stereocenters. The standard InChI is InChI=1S/C21H26F3N5O/c1-2-3-5-16-7-9-17(10-8-16)26-20(27-30)29-14-12-28(13-15-29)19-18(21(22,23)24)6-4-11-25-19/h4,6-11,30H,2-3,5,12-15H2,1H3,(H,26,27). The van der Waals surface area contributed by atoms with Crippen LogP contribution in [-0.2, 0) is 12.6 Å². The Kier molecular flexibility index (Phi) is 7.15. The highest BCUT2D eigenvalue weighted by atomic mass is 19.4. The van der Waals surface area contributed by atoms with Crippen LogP contribution < -0.4 is 10.4 Å². The number of anilines is 1. The third-order valence-corrected chi connectivity index (χ3v) is 5.06. The number of pyridine rings is 1. The molecular weight excluding hydrogens is 395 g/mol. The first-order chi connectivity index (χ1) is 14.4. The Bertz CT molecular complexity index is 846. The van der Waals surface area contributed by atoms with Crippen molar-refractivity contribution in [2.75, 3.05) is 31.1 Å². The fourth-order valence-electron chi connectivity index (χ4n) is 3.41. The van der Waals surface area contributed by atoms with E-state index in [-0.39, 0.29) is 11.8 Å². The molecule has 1 fully saturated rings. The van der Waals surface area contributed by atoms with Crippen molar-refractivity contribution in [3.05, 3.63) is 53.7 Å². The minimum absolute atomic E-state index is 0.0669. The van der Waals surface area contributed by atoms with E-state index in [0.29, 0.717) is 31.9 Å². The molecule has 2 N–H and O–H groups in total. The van der Waals surface area contributed by atoms with Gasteiger partial charge in [-0.15, -0.1) is 0 Å². The van der Waals surface area contributed by atoms with E-state index >= 15 is 0 Å². The van der Waals surface area contributed by atoms with Gasteiger partial charge >= 0.3 is 6.18 Å². The lowest BCUT2D eigenvalue weighted by atomic mass is 10.1. The molecule has 0 bridgehead atoms. The van der Waals surface area contributed by atoms with Crippen molar-refractivity contribution in [2.45, 2.75) is 32.4 Å². The number of rotatable bonds is 5. The van der Waals surface area contributed by atoms with Crippen LogP contribution in [0.4, 0.5) is 24.7 Å². The number of guanidine groups is 1. The van der Waals surface area contributed by atoms with E-state index in [1.54, 1.807) is 9.80 Å². The summed E-state index contributed by atoms with van der Waals surface area (Å²) < 4.78 is 39.8. The van der Waals surface area contributed by atoms with E-state index in [1.165, 1.54) is 17.8 Å². The molecule has 0 radical (unpaired) electrons. The van der Waals surface area contributed by atoms with Crippen LogP contribution in [-0.4, -0.2) is 47.2 Å². The Hall–Kier alpha value is -2.81. The van der Waals surface area contributed by atoms with Gasteiger partial charge in [0.05, 0.1) is 11.3 Å². The zero-order valence-electron chi connectivity index (χ0n) is 16.9. The zero-order chi connectivity index (χ0) is 21.6. The molecule has 1 saturated heterocycles. The van der Waals surface area contributed by atoms with Gasteiger partial charge < -0.3 is 9.80 Å². The number of aliphatic imine (C=N–C) groups is 1. The van der Waals surface area contributed by atoms with Gasteiger partial charge in [0.15, 0.2) is 0 Å². The van der Waals surface area contributed by atoms with Gasteiger partial charge in [-0.05, 0) is 42.7 Å². The Morgan fingerprint density at radius 2 is 1.83 bits per heavy atom. The van der Waals surface area contributed by atoms with Gasteiger partial charge in [-0.1, -0.05) is 25.5 Å². The average Bonchev–Trinajstić information content (AvgIpc) is 2.76.